The largest absolute Gasteiger partial charge is 0.480 e. The van der Waals surface area contributed by atoms with E-state index in [2.05, 4.69) is 10.1 Å². The van der Waals surface area contributed by atoms with Gasteiger partial charge in [-0.3, -0.25) is 4.79 Å². The molecular formula is C11H17N3O5. The third kappa shape index (κ3) is 8.50. The summed E-state index contributed by atoms with van der Waals surface area (Å²) in [6, 6.07) is -1.24. The summed E-state index contributed by atoms with van der Waals surface area (Å²) < 4.78 is 4.91. The number of aliphatic carboxylic acids is 1. The summed E-state index contributed by atoms with van der Waals surface area (Å²) in [6.07, 6.45) is -0.494. The molecule has 0 aliphatic rings. The second-order valence-corrected chi connectivity index (χ2v) is 4.79. The number of rotatable bonds is 6. The minimum Gasteiger partial charge on any atom is -0.480 e. The van der Waals surface area contributed by atoms with E-state index in [4.69, 9.17) is 15.4 Å². The van der Waals surface area contributed by atoms with Gasteiger partial charge < -0.3 is 20.7 Å². The van der Waals surface area contributed by atoms with Crippen LogP contribution in [0.15, 0.2) is 0 Å². The first-order valence-electron chi connectivity index (χ1n) is 5.58. The van der Waals surface area contributed by atoms with Crippen molar-refractivity contribution in [1.82, 2.24) is 5.32 Å². The van der Waals surface area contributed by atoms with Crippen molar-refractivity contribution < 1.29 is 29.0 Å². The van der Waals surface area contributed by atoms with E-state index in [0.29, 0.717) is 6.21 Å². The van der Waals surface area contributed by atoms with Crippen LogP contribution in [0.5, 0.6) is 0 Å². The normalized spacial score (nSPS) is 11.9. The summed E-state index contributed by atoms with van der Waals surface area (Å²) in [5.41, 5.74) is 7.38. The molecule has 0 aliphatic heterocycles. The highest BCUT2D eigenvalue weighted by atomic mass is 16.6. The maximum absolute atomic E-state index is 11.4. The van der Waals surface area contributed by atoms with Crippen LogP contribution in [0.1, 0.15) is 33.6 Å². The first-order chi connectivity index (χ1) is 8.65. The molecule has 0 fully saturated rings. The molecule has 8 nitrogen and oxygen atoms in total. The lowest BCUT2D eigenvalue weighted by atomic mass is 10.1. The molecule has 0 spiro atoms. The molecule has 19 heavy (non-hydrogen) atoms. The Bertz CT molecular complexity index is 407. The summed E-state index contributed by atoms with van der Waals surface area (Å²) in [7, 11) is 0. The molecule has 2 N–H and O–H groups in total. The molecule has 0 aromatic heterocycles. The van der Waals surface area contributed by atoms with E-state index >= 15 is 0 Å². The van der Waals surface area contributed by atoms with E-state index in [1.807, 2.05) is 0 Å². The third-order valence-corrected chi connectivity index (χ3v) is 1.87. The number of alkyl carbamates (subject to hydrolysis) is 1. The van der Waals surface area contributed by atoms with Crippen molar-refractivity contribution in [2.24, 2.45) is 0 Å². The van der Waals surface area contributed by atoms with Crippen LogP contribution < -0.4 is 5.32 Å². The van der Waals surface area contributed by atoms with E-state index < -0.39 is 29.5 Å². The Morgan fingerprint density at radius 1 is 1.42 bits per heavy atom. The van der Waals surface area contributed by atoms with Crippen molar-refractivity contribution in [2.75, 3.05) is 0 Å². The number of carbonyl (C=O) groups is 3. The van der Waals surface area contributed by atoms with Crippen LogP contribution in [0.3, 0.4) is 0 Å². The highest BCUT2D eigenvalue weighted by molar-refractivity contribution is 6.25. The topological polar surface area (TPSA) is 129 Å². The van der Waals surface area contributed by atoms with Gasteiger partial charge in [-0.15, -0.1) is 0 Å². The first kappa shape index (κ1) is 16.8. The molecule has 0 rings (SSSR count). The van der Waals surface area contributed by atoms with E-state index in [-0.39, 0.29) is 12.8 Å². The van der Waals surface area contributed by atoms with Crippen LogP contribution in [0.2, 0.25) is 0 Å². The van der Waals surface area contributed by atoms with Gasteiger partial charge in [0.2, 0.25) is 5.78 Å². The first-order valence-corrected chi connectivity index (χ1v) is 5.58. The van der Waals surface area contributed by atoms with Gasteiger partial charge in [-0.1, -0.05) is 0 Å². The number of amides is 1. The number of carbonyl (C=O) groups excluding carboxylic acids is 2. The van der Waals surface area contributed by atoms with Gasteiger partial charge in [0, 0.05) is 6.42 Å². The molecule has 0 heterocycles. The molecule has 0 aromatic rings. The highest BCUT2D eigenvalue weighted by Gasteiger charge is 2.24. The Hall–Kier alpha value is -2.21. The zero-order valence-corrected chi connectivity index (χ0v) is 11.0. The van der Waals surface area contributed by atoms with Crippen LogP contribution in [0.25, 0.3) is 5.53 Å². The number of ether oxygens (including phenoxy) is 1. The Balaban J connectivity index is 4.42. The molecule has 8 heteroatoms. The molecule has 0 radical (unpaired) electrons. The molecule has 0 saturated heterocycles. The van der Waals surface area contributed by atoms with E-state index in [1.54, 1.807) is 20.8 Å². The van der Waals surface area contributed by atoms with Gasteiger partial charge in [0.05, 0.1) is 0 Å². The SMILES string of the molecule is CC(C)(C)OC(=O)NC(CCC(=O)C=[N+]=[N-])C(=O)O. The summed E-state index contributed by atoms with van der Waals surface area (Å²) in [6.45, 7) is 4.93. The van der Waals surface area contributed by atoms with Crippen molar-refractivity contribution in [3.8, 4) is 0 Å². The lowest BCUT2D eigenvalue weighted by Gasteiger charge is -2.21. The number of nitrogens with one attached hydrogen (secondary N) is 1. The van der Waals surface area contributed by atoms with Crippen molar-refractivity contribution in [3.63, 3.8) is 0 Å². The van der Waals surface area contributed by atoms with Gasteiger partial charge >= 0.3 is 18.3 Å². The number of carboxylic acid groups (broad SMARTS) is 1. The smallest absolute Gasteiger partial charge is 0.408 e. The molecule has 0 aliphatic carbocycles. The summed E-state index contributed by atoms with van der Waals surface area (Å²) in [5, 5.41) is 11.0. The van der Waals surface area contributed by atoms with Crippen molar-refractivity contribution in [3.05, 3.63) is 5.53 Å². The van der Waals surface area contributed by atoms with E-state index in [9.17, 15) is 14.4 Å². The average molecular weight is 271 g/mol. The van der Waals surface area contributed by atoms with Gasteiger partial charge in [0.1, 0.15) is 11.6 Å². The highest BCUT2D eigenvalue weighted by Crippen LogP contribution is 2.07. The summed E-state index contributed by atoms with van der Waals surface area (Å²) in [5.74, 6) is -1.82. The minimum atomic E-state index is -1.28. The van der Waals surface area contributed by atoms with E-state index in [1.165, 1.54) is 0 Å². The number of Topliss-reactive ketones (excluding diaryl/α,β-unsaturated/α-hetero) is 1. The standard InChI is InChI=1S/C11H17N3O5/c1-11(2,3)19-10(18)14-8(9(16)17)5-4-7(15)6-13-12/h6,8H,4-5H2,1-3H3,(H,14,18)(H,16,17). The molecule has 0 bridgehead atoms. The van der Waals surface area contributed by atoms with Crippen LogP contribution in [0.4, 0.5) is 4.79 Å². The lowest BCUT2D eigenvalue weighted by Crippen LogP contribution is -2.43. The van der Waals surface area contributed by atoms with Gasteiger partial charge in [0.25, 0.3) is 0 Å². The Labute approximate surface area is 110 Å². The van der Waals surface area contributed by atoms with E-state index in [0.717, 1.165) is 0 Å². The van der Waals surface area contributed by atoms with Gasteiger partial charge in [-0.2, -0.15) is 4.79 Å². The molecule has 1 amide bonds. The summed E-state index contributed by atoms with van der Waals surface area (Å²) in [4.78, 5) is 35.9. The van der Waals surface area contributed by atoms with Gasteiger partial charge in [0.15, 0.2) is 0 Å². The second-order valence-electron chi connectivity index (χ2n) is 4.79. The van der Waals surface area contributed by atoms with Crippen molar-refractivity contribution in [1.29, 1.82) is 0 Å². The number of nitrogens with zero attached hydrogens (tertiary/aromatic N) is 2. The van der Waals surface area contributed by atoms with Gasteiger partial charge in [-0.25, -0.2) is 9.59 Å². The number of ketones is 1. The monoisotopic (exact) mass is 271 g/mol. The zero-order chi connectivity index (χ0) is 15.1. The fraction of sp³-hybridized carbons (Fsp3) is 0.636. The fourth-order valence-corrected chi connectivity index (χ4v) is 1.12. The molecule has 1 unspecified atom stereocenters. The van der Waals surface area contributed by atoms with Crippen molar-refractivity contribution in [2.45, 2.75) is 45.3 Å². The Kier molecular flexibility index (Phi) is 6.43. The molecule has 0 saturated carbocycles. The predicted molar refractivity (Wildman–Crippen MR) is 64.7 cm³/mol. The molecule has 0 aromatic carbocycles. The molecule has 1 atom stereocenters. The Morgan fingerprint density at radius 3 is 2.42 bits per heavy atom. The number of carboxylic acids is 1. The minimum absolute atomic E-state index is 0.126. The van der Waals surface area contributed by atoms with Crippen LogP contribution in [-0.4, -0.2) is 45.6 Å². The van der Waals surface area contributed by atoms with Gasteiger partial charge in [-0.05, 0) is 27.2 Å². The quantitative estimate of drug-likeness (QED) is 0.415. The molecule has 106 valence electrons. The number of hydrogen-bond donors (Lipinski definition) is 2. The lowest BCUT2D eigenvalue weighted by molar-refractivity contribution is -0.139. The third-order valence-electron chi connectivity index (χ3n) is 1.87. The maximum atomic E-state index is 11.4. The fourth-order valence-electron chi connectivity index (χ4n) is 1.12. The summed E-state index contributed by atoms with van der Waals surface area (Å²) >= 11 is 0. The second kappa shape index (κ2) is 7.27. The predicted octanol–water partition coefficient (Wildman–Crippen LogP) is 0.614. The number of hydrogen-bond acceptors (Lipinski definition) is 4. The van der Waals surface area contributed by atoms with Crippen molar-refractivity contribution >= 4 is 24.1 Å². The van der Waals surface area contributed by atoms with Crippen LogP contribution >= 0.6 is 0 Å². The van der Waals surface area contributed by atoms with Crippen LogP contribution in [-0.2, 0) is 14.3 Å². The maximum Gasteiger partial charge on any atom is 0.408 e. The molecular weight excluding hydrogens is 254 g/mol. The average Bonchev–Trinajstić information content (AvgIpc) is 2.21. The Morgan fingerprint density at radius 2 is 2.00 bits per heavy atom. The van der Waals surface area contributed by atoms with Crippen LogP contribution in [0, 0.1) is 0 Å². The zero-order valence-electron chi connectivity index (χ0n) is 11.0.